The fourth-order valence-corrected chi connectivity index (χ4v) is 2.18. The van der Waals surface area contributed by atoms with Crippen LogP contribution in [-0.4, -0.2) is 50.1 Å². The SMILES string of the molecule is COCC(CCO)NC(=O)CCC1CCCCO1. The molecular weight excluding hydrogens is 234 g/mol. The van der Waals surface area contributed by atoms with E-state index in [0.29, 0.717) is 19.4 Å². The lowest BCUT2D eigenvalue weighted by Gasteiger charge is -2.23. The van der Waals surface area contributed by atoms with Gasteiger partial charge in [-0.3, -0.25) is 4.79 Å². The van der Waals surface area contributed by atoms with E-state index in [9.17, 15) is 4.79 Å². The van der Waals surface area contributed by atoms with Gasteiger partial charge in [0, 0.05) is 26.7 Å². The molecule has 1 amide bonds. The Labute approximate surface area is 109 Å². The Morgan fingerprint density at radius 2 is 2.39 bits per heavy atom. The summed E-state index contributed by atoms with van der Waals surface area (Å²) < 4.78 is 10.6. The smallest absolute Gasteiger partial charge is 0.220 e. The molecule has 1 aliphatic heterocycles. The maximum Gasteiger partial charge on any atom is 0.220 e. The van der Waals surface area contributed by atoms with Crippen molar-refractivity contribution in [2.75, 3.05) is 26.9 Å². The maximum absolute atomic E-state index is 11.7. The predicted octanol–water partition coefficient (Wildman–Crippen LogP) is 0.849. The minimum atomic E-state index is -0.0974. The van der Waals surface area contributed by atoms with E-state index in [1.807, 2.05) is 0 Å². The molecule has 5 nitrogen and oxygen atoms in total. The number of methoxy groups -OCH3 is 1. The zero-order chi connectivity index (χ0) is 13.2. The zero-order valence-corrected chi connectivity index (χ0v) is 11.2. The minimum absolute atomic E-state index is 0.0136. The van der Waals surface area contributed by atoms with Crippen molar-refractivity contribution in [2.24, 2.45) is 0 Å². The molecule has 2 atom stereocenters. The first-order valence-electron chi connectivity index (χ1n) is 6.77. The zero-order valence-electron chi connectivity index (χ0n) is 11.2. The first kappa shape index (κ1) is 15.4. The van der Waals surface area contributed by atoms with Crippen LogP contribution in [-0.2, 0) is 14.3 Å². The van der Waals surface area contributed by atoms with Crippen molar-refractivity contribution in [3.05, 3.63) is 0 Å². The van der Waals surface area contributed by atoms with Crippen LogP contribution in [0.3, 0.4) is 0 Å². The van der Waals surface area contributed by atoms with Gasteiger partial charge < -0.3 is 19.9 Å². The van der Waals surface area contributed by atoms with Crippen molar-refractivity contribution < 1.29 is 19.4 Å². The normalized spacial score (nSPS) is 21.6. The first-order chi connectivity index (χ1) is 8.76. The van der Waals surface area contributed by atoms with Crippen molar-refractivity contribution in [1.29, 1.82) is 0 Å². The highest BCUT2D eigenvalue weighted by atomic mass is 16.5. The van der Waals surface area contributed by atoms with Gasteiger partial charge >= 0.3 is 0 Å². The summed E-state index contributed by atoms with van der Waals surface area (Å²) in [5.41, 5.74) is 0. The van der Waals surface area contributed by atoms with E-state index in [2.05, 4.69) is 5.32 Å². The average Bonchev–Trinajstić information content (AvgIpc) is 2.38. The largest absolute Gasteiger partial charge is 0.396 e. The van der Waals surface area contributed by atoms with Gasteiger partial charge in [0.05, 0.1) is 18.8 Å². The van der Waals surface area contributed by atoms with E-state index in [1.54, 1.807) is 7.11 Å². The van der Waals surface area contributed by atoms with Crippen molar-refractivity contribution >= 4 is 5.91 Å². The Morgan fingerprint density at radius 1 is 1.56 bits per heavy atom. The summed E-state index contributed by atoms with van der Waals surface area (Å²) in [6.07, 6.45) is 5.42. The van der Waals surface area contributed by atoms with Gasteiger partial charge in [-0.2, -0.15) is 0 Å². The molecule has 0 aliphatic carbocycles. The summed E-state index contributed by atoms with van der Waals surface area (Å²) >= 11 is 0. The molecule has 0 spiro atoms. The number of aliphatic hydroxyl groups excluding tert-OH is 1. The van der Waals surface area contributed by atoms with Crippen LogP contribution >= 0.6 is 0 Å². The molecule has 106 valence electrons. The Morgan fingerprint density at radius 3 is 3.00 bits per heavy atom. The number of hydrogen-bond donors (Lipinski definition) is 2. The number of nitrogens with one attached hydrogen (secondary N) is 1. The summed E-state index contributed by atoms with van der Waals surface area (Å²) in [6, 6.07) is -0.0974. The van der Waals surface area contributed by atoms with E-state index < -0.39 is 0 Å². The summed E-state index contributed by atoms with van der Waals surface area (Å²) in [4.78, 5) is 11.7. The Balaban J connectivity index is 2.17. The molecule has 18 heavy (non-hydrogen) atoms. The molecule has 2 unspecified atom stereocenters. The van der Waals surface area contributed by atoms with Gasteiger partial charge in [-0.1, -0.05) is 0 Å². The number of carbonyl (C=O) groups excluding carboxylic acids is 1. The number of amides is 1. The molecule has 1 aliphatic rings. The molecule has 1 saturated heterocycles. The lowest BCUT2D eigenvalue weighted by atomic mass is 10.0. The van der Waals surface area contributed by atoms with E-state index in [-0.39, 0.29) is 24.7 Å². The molecule has 1 heterocycles. The Bertz CT molecular complexity index is 223. The Hall–Kier alpha value is -0.650. The lowest BCUT2D eigenvalue weighted by Crippen LogP contribution is -2.39. The van der Waals surface area contributed by atoms with Gasteiger partial charge in [0.1, 0.15) is 0 Å². The second-order valence-electron chi connectivity index (χ2n) is 4.76. The average molecular weight is 259 g/mol. The van der Waals surface area contributed by atoms with E-state index in [1.165, 1.54) is 6.42 Å². The lowest BCUT2D eigenvalue weighted by molar-refractivity contribution is -0.123. The highest BCUT2D eigenvalue weighted by Crippen LogP contribution is 2.16. The fraction of sp³-hybridized carbons (Fsp3) is 0.923. The van der Waals surface area contributed by atoms with Crippen molar-refractivity contribution in [3.8, 4) is 0 Å². The summed E-state index contributed by atoms with van der Waals surface area (Å²) in [7, 11) is 1.59. The minimum Gasteiger partial charge on any atom is -0.396 e. The van der Waals surface area contributed by atoms with Gasteiger partial charge in [-0.15, -0.1) is 0 Å². The first-order valence-corrected chi connectivity index (χ1v) is 6.77. The fourth-order valence-electron chi connectivity index (χ4n) is 2.18. The number of rotatable bonds is 8. The van der Waals surface area contributed by atoms with Crippen LogP contribution in [0.1, 0.15) is 38.5 Å². The number of ether oxygens (including phenoxy) is 2. The third kappa shape index (κ3) is 6.33. The molecule has 0 aromatic rings. The van der Waals surface area contributed by atoms with E-state index in [0.717, 1.165) is 25.9 Å². The van der Waals surface area contributed by atoms with Gasteiger partial charge in [-0.05, 0) is 32.1 Å². The molecule has 0 aromatic heterocycles. The van der Waals surface area contributed by atoms with E-state index >= 15 is 0 Å². The molecule has 5 heteroatoms. The van der Waals surface area contributed by atoms with E-state index in [4.69, 9.17) is 14.6 Å². The van der Waals surface area contributed by atoms with Crippen LogP contribution in [0.5, 0.6) is 0 Å². The van der Waals surface area contributed by atoms with Crippen LogP contribution < -0.4 is 5.32 Å². The monoisotopic (exact) mass is 259 g/mol. The van der Waals surface area contributed by atoms with Crippen LogP contribution in [0.4, 0.5) is 0 Å². The van der Waals surface area contributed by atoms with Crippen LogP contribution in [0.2, 0.25) is 0 Å². The predicted molar refractivity (Wildman–Crippen MR) is 68.3 cm³/mol. The standard InChI is InChI=1S/C13H25NO4/c1-17-10-11(7-8-15)14-13(16)6-5-12-4-2-3-9-18-12/h11-12,15H,2-10H2,1H3,(H,14,16). The van der Waals surface area contributed by atoms with Crippen LogP contribution in [0.15, 0.2) is 0 Å². The van der Waals surface area contributed by atoms with Crippen LogP contribution in [0.25, 0.3) is 0 Å². The van der Waals surface area contributed by atoms with Gasteiger partial charge in [-0.25, -0.2) is 0 Å². The third-order valence-electron chi connectivity index (χ3n) is 3.18. The van der Waals surface area contributed by atoms with Crippen LogP contribution in [0, 0.1) is 0 Å². The molecule has 1 rings (SSSR count). The highest BCUT2D eigenvalue weighted by Gasteiger charge is 2.17. The highest BCUT2D eigenvalue weighted by molar-refractivity contribution is 5.76. The maximum atomic E-state index is 11.7. The summed E-state index contributed by atoms with van der Waals surface area (Å²) in [5.74, 6) is 0.0136. The van der Waals surface area contributed by atoms with Gasteiger partial charge in [0.2, 0.25) is 5.91 Å². The molecule has 0 aromatic carbocycles. The number of carbonyl (C=O) groups is 1. The van der Waals surface area contributed by atoms with Crippen molar-refractivity contribution in [3.63, 3.8) is 0 Å². The summed E-state index contributed by atoms with van der Waals surface area (Å²) in [5, 5.41) is 11.8. The molecule has 0 radical (unpaired) electrons. The molecule has 0 saturated carbocycles. The second kappa shape index (κ2) is 9.30. The second-order valence-corrected chi connectivity index (χ2v) is 4.76. The molecular formula is C13H25NO4. The number of aliphatic hydroxyl groups is 1. The van der Waals surface area contributed by atoms with Crippen molar-refractivity contribution in [1.82, 2.24) is 5.32 Å². The van der Waals surface area contributed by atoms with Crippen molar-refractivity contribution in [2.45, 2.75) is 50.7 Å². The quantitative estimate of drug-likeness (QED) is 0.678. The molecule has 1 fully saturated rings. The van der Waals surface area contributed by atoms with Gasteiger partial charge in [0.15, 0.2) is 0 Å². The Kier molecular flexibility index (Phi) is 7.96. The topological polar surface area (TPSA) is 67.8 Å². The molecule has 2 N–H and O–H groups in total. The molecule has 0 bridgehead atoms. The number of hydrogen-bond acceptors (Lipinski definition) is 4. The van der Waals surface area contributed by atoms with Gasteiger partial charge in [0.25, 0.3) is 0 Å². The third-order valence-corrected chi connectivity index (χ3v) is 3.18. The summed E-state index contributed by atoms with van der Waals surface area (Å²) in [6.45, 7) is 1.31.